The molecule has 0 amide bonds. The Balaban J connectivity index is 1.21. The molecule has 9 aromatic rings. The van der Waals surface area contributed by atoms with Crippen LogP contribution in [0, 0.1) is 0 Å². The lowest BCUT2D eigenvalue weighted by atomic mass is 9.89. The number of hydrogen-bond acceptors (Lipinski definition) is 1. The van der Waals surface area contributed by atoms with Crippen molar-refractivity contribution in [2.75, 3.05) is 4.90 Å². The minimum atomic E-state index is 1.10. The van der Waals surface area contributed by atoms with Gasteiger partial charge in [0.15, 0.2) is 0 Å². The number of hydrogen-bond donors (Lipinski definition) is 0. The van der Waals surface area contributed by atoms with Crippen molar-refractivity contribution in [3.8, 4) is 44.5 Å². The van der Waals surface area contributed by atoms with Gasteiger partial charge in [-0.05, 0) is 109 Å². The fourth-order valence-electron chi connectivity index (χ4n) is 7.46. The molecule has 0 aliphatic rings. The summed E-state index contributed by atoms with van der Waals surface area (Å²) in [6.07, 6.45) is 0. The van der Waals surface area contributed by atoms with Crippen molar-refractivity contribution in [1.82, 2.24) is 0 Å². The van der Waals surface area contributed by atoms with Crippen LogP contribution >= 0.6 is 0 Å². The molecule has 0 aliphatic carbocycles. The Morgan fingerprint density at radius 3 is 1.39 bits per heavy atom. The fraction of sp³-hybridized carbons (Fsp3) is 0. The van der Waals surface area contributed by atoms with E-state index in [1.54, 1.807) is 0 Å². The zero-order valence-electron chi connectivity index (χ0n) is 28.2. The molecule has 51 heavy (non-hydrogen) atoms. The minimum absolute atomic E-state index is 1.10. The summed E-state index contributed by atoms with van der Waals surface area (Å²) in [6.45, 7) is 0. The third kappa shape index (κ3) is 5.75. The second-order valence-corrected chi connectivity index (χ2v) is 12.9. The smallest absolute Gasteiger partial charge is 0.0468 e. The van der Waals surface area contributed by atoms with Crippen LogP contribution in [0.4, 0.5) is 17.1 Å². The summed E-state index contributed by atoms with van der Waals surface area (Å²) in [5, 5.41) is 5.08. The molecule has 9 rings (SSSR count). The number of para-hydroxylation sites is 1. The number of fused-ring (bicyclic) bond motifs is 3. The predicted octanol–water partition coefficient (Wildman–Crippen LogP) is 14.1. The van der Waals surface area contributed by atoms with Crippen molar-refractivity contribution in [2.45, 2.75) is 0 Å². The molecule has 0 atom stereocenters. The van der Waals surface area contributed by atoms with E-state index in [9.17, 15) is 0 Å². The maximum atomic E-state index is 2.37. The molecule has 0 fully saturated rings. The maximum absolute atomic E-state index is 2.37. The molecule has 240 valence electrons. The molecule has 0 heterocycles. The van der Waals surface area contributed by atoms with E-state index in [1.165, 1.54) is 66.1 Å². The summed E-state index contributed by atoms with van der Waals surface area (Å²) < 4.78 is 0. The molecule has 0 aliphatic heterocycles. The normalized spacial score (nSPS) is 11.1. The average molecular weight is 650 g/mol. The first-order valence-electron chi connectivity index (χ1n) is 17.5. The Morgan fingerprint density at radius 1 is 0.235 bits per heavy atom. The summed E-state index contributed by atoms with van der Waals surface area (Å²) in [7, 11) is 0. The minimum Gasteiger partial charge on any atom is -0.310 e. The van der Waals surface area contributed by atoms with Gasteiger partial charge in [-0.1, -0.05) is 170 Å². The SMILES string of the molecule is c1ccc(-c2ccccc2-c2cc(N(c3ccccc3)c3ccc(-c4cc5ccccc5c5ccccc45)cc3)ccc2-c2ccccc2)cc1. The van der Waals surface area contributed by atoms with Crippen LogP contribution < -0.4 is 4.90 Å². The van der Waals surface area contributed by atoms with Crippen molar-refractivity contribution < 1.29 is 0 Å². The molecule has 1 heteroatoms. The van der Waals surface area contributed by atoms with Gasteiger partial charge in [-0.3, -0.25) is 0 Å². The van der Waals surface area contributed by atoms with E-state index in [1.807, 2.05) is 0 Å². The zero-order chi connectivity index (χ0) is 34.0. The molecule has 9 aromatic carbocycles. The maximum Gasteiger partial charge on any atom is 0.0468 e. The van der Waals surface area contributed by atoms with Crippen molar-refractivity contribution in [2.24, 2.45) is 0 Å². The van der Waals surface area contributed by atoms with Gasteiger partial charge in [-0.25, -0.2) is 0 Å². The van der Waals surface area contributed by atoms with Crippen LogP contribution in [-0.4, -0.2) is 0 Å². The lowest BCUT2D eigenvalue weighted by molar-refractivity contribution is 1.28. The first kappa shape index (κ1) is 30.4. The second-order valence-electron chi connectivity index (χ2n) is 12.9. The predicted molar refractivity (Wildman–Crippen MR) is 218 cm³/mol. The highest BCUT2D eigenvalue weighted by atomic mass is 15.1. The van der Waals surface area contributed by atoms with E-state index in [4.69, 9.17) is 0 Å². The largest absolute Gasteiger partial charge is 0.310 e. The number of benzene rings is 9. The summed E-state index contributed by atoms with van der Waals surface area (Å²) >= 11 is 0. The Hall–Kier alpha value is -6.70. The van der Waals surface area contributed by atoms with Crippen LogP contribution in [0.15, 0.2) is 212 Å². The van der Waals surface area contributed by atoms with Gasteiger partial charge in [0, 0.05) is 17.1 Å². The number of anilines is 3. The molecule has 1 nitrogen and oxygen atoms in total. The first-order valence-corrected chi connectivity index (χ1v) is 17.5. The zero-order valence-corrected chi connectivity index (χ0v) is 28.2. The molecule has 0 radical (unpaired) electrons. The third-order valence-corrected chi connectivity index (χ3v) is 9.87. The number of nitrogens with zero attached hydrogens (tertiary/aromatic N) is 1. The molecule has 0 unspecified atom stereocenters. The molecule has 0 aromatic heterocycles. The topological polar surface area (TPSA) is 3.24 Å². The third-order valence-electron chi connectivity index (χ3n) is 9.87. The van der Waals surface area contributed by atoms with E-state index in [-0.39, 0.29) is 0 Å². The van der Waals surface area contributed by atoms with E-state index in [0.717, 1.165) is 17.1 Å². The van der Waals surface area contributed by atoms with Gasteiger partial charge in [0.2, 0.25) is 0 Å². The van der Waals surface area contributed by atoms with Crippen LogP contribution in [0.5, 0.6) is 0 Å². The summed E-state index contributed by atoms with van der Waals surface area (Å²) in [5.41, 5.74) is 13.0. The standard InChI is InChI=1S/C50H35N/c1-4-16-36(17-5-1)43-23-12-13-26-47(43)50-35-42(32-33-45(50)37-18-6-2-7-19-37)51(40-21-8-3-9-22-40)41-30-28-38(29-31-41)49-34-39-20-10-11-24-44(39)46-25-14-15-27-48(46)49/h1-35H. The van der Waals surface area contributed by atoms with Gasteiger partial charge in [-0.15, -0.1) is 0 Å². The van der Waals surface area contributed by atoms with Gasteiger partial charge in [0.05, 0.1) is 0 Å². The second kappa shape index (κ2) is 13.3. The lowest BCUT2D eigenvalue weighted by Gasteiger charge is -2.27. The average Bonchev–Trinajstić information content (AvgIpc) is 3.22. The van der Waals surface area contributed by atoms with Crippen LogP contribution in [-0.2, 0) is 0 Å². The number of rotatable bonds is 7. The van der Waals surface area contributed by atoms with Crippen LogP contribution in [0.3, 0.4) is 0 Å². The van der Waals surface area contributed by atoms with Crippen molar-refractivity contribution in [1.29, 1.82) is 0 Å². The molecule has 0 spiro atoms. The Bertz CT molecular complexity index is 2610. The summed E-state index contributed by atoms with van der Waals surface area (Å²) in [5.74, 6) is 0. The highest BCUT2D eigenvalue weighted by Crippen LogP contribution is 2.44. The first-order chi connectivity index (χ1) is 25.3. The Labute approximate surface area is 299 Å². The van der Waals surface area contributed by atoms with Gasteiger partial charge in [-0.2, -0.15) is 0 Å². The van der Waals surface area contributed by atoms with Gasteiger partial charge in [0.25, 0.3) is 0 Å². The molecular formula is C50H35N. The lowest BCUT2D eigenvalue weighted by Crippen LogP contribution is -2.10. The molecule has 0 saturated carbocycles. The highest BCUT2D eigenvalue weighted by molar-refractivity contribution is 6.13. The monoisotopic (exact) mass is 649 g/mol. The van der Waals surface area contributed by atoms with E-state index < -0.39 is 0 Å². The van der Waals surface area contributed by atoms with Crippen LogP contribution in [0.25, 0.3) is 66.1 Å². The highest BCUT2D eigenvalue weighted by Gasteiger charge is 2.18. The van der Waals surface area contributed by atoms with Gasteiger partial charge in [0.1, 0.15) is 0 Å². The van der Waals surface area contributed by atoms with Crippen molar-refractivity contribution >= 4 is 38.6 Å². The van der Waals surface area contributed by atoms with Crippen LogP contribution in [0.1, 0.15) is 0 Å². The molecule has 0 saturated heterocycles. The molecular weight excluding hydrogens is 615 g/mol. The fourth-order valence-corrected chi connectivity index (χ4v) is 7.46. The summed E-state index contributed by atoms with van der Waals surface area (Å²) in [4.78, 5) is 2.37. The van der Waals surface area contributed by atoms with E-state index in [2.05, 4.69) is 217 Å². The van der Waals surface area contributed by atoms with Crippen molar-refractivity contribution in [3.05, 3.63) is 212 Å². The Kier molecular flexibility index (Phi) is 7.92. The van der Waals surface area contributed by atoms with Gasteiger partial charge < -0.3 is 4.90 Å². The molecule has 0 N–H and O–H groups in total. The van der Waals surface area contributed by atoms with Crippen LogP contribution in [0.2, 0.25) is 0 Å². The quantitative estimate of drug-likeness (QED) is 0.155. The van der Waals surface area contributed by atoms with Gasteiger partial charge >= 0.3 is 0 Å². The summed E-state index contributed by atoms with van der Waals surface area (Å²) in [6, 6.07) is 76.6. The van der Waals surface area contributed by atoms with E-state index >= 15 is 0 Å². The Morgan fingerprint density at radius 2 is 0.706 bits per heavy atom. The molecule has 0 bridgehead atoms. The van der Waals surface area contributed by atoms with Crippen molar-refractivity contribution in [3.63, 3.8) is 0 Å². The van der Waals surface area contributed by atoms with E-state index in [0.29, 0.717) is 0 Å².